The van der Waals surface area contributed by atoms with Crippen LogP contribution in [0.1, 0.15) is 105 Å². The summed E-state index contributed by atoms with van der Waals surface area (Å²) in [6.07, 6.45) is 10.4. The van der Waals surface area contributed by atoms with Crippen molar-refractivity contribution in [3.8, 4) is 5.75 Å². The molecule has 4 heterocycles. The summed E-state index contributed by atoms with van der Waals surface area (Å²) in [6.45, 7) is 4.55. The van der Waals surface area contributed by atoms with Gasteiger partial charge in [-0.25, -0.2) is 15.5 Å². The van der Waals surface area contributed by atoms with E-state index in [-0.39, 0.29) is 53.8 Å². The van der Waals surface area contributed by atoms with Gasteiger partial charge < -0.3 is 24.5 Å². The third-order valence-electron chi connectivity index (χ3n) is 12.4. The van der Waals surface area contributed by atoms with E-state index in [0.717, 1.165) is 74.2 Å². The Hall–Kier alpha value is -4.81. The number of nitrogens with zero attached hydrogens (tertiary/aromatic N) is 2. The molecule has 4 fully saturated rings. The van der Waals surface area contributed by atoms with Gasteiger partial charge in [-0.3, -0.25) is 23.7 Å². The number of carbonyl (C=O) groups is 3. The van der Waals surface area contributed by atoms with Crippen LogP contribution in [0.15, 0.2) is 89.9 Å². The van der Waals surface area contributed by atoms with E-state index < -0.39 is 25.6 Å². The molecule has 1 spiro atoms. The normalized spacial score (nSPS) is 24.2. The van der Waals surface area contributed by atoms with Gasteiger partial charge in [0.25, 0.3) is 5.91 Å². The highest BCUT2D eigenvalue weighted by Crippen LogP contribution is 2.53. The van der Waals surface area contributed by atoms with Crippen LogP contribution in [0.25, 0.3) is 10.8 Å². The van der Waals surface area contributed by atoms with E-state index in [1.165, 1.54) is 0 Å². The Kier molecular flexibility index (Phi) is 12.1. The van der Waals surface area contributed by atoms with Crippen LogP contribution in [0.5, 0.6) is 5.75 Å². The molecule has 2 amide bonds. The van der Waals surface area contributed by atoms with Crippen molar-refractivity contribution in [2.45, 2.75) is 120 Å². The number of pyridine rings is 1. The summed E-state index contributed by atoms with van der Waals surface area (Å²) in [5, 5.41) is 10.0. The monoisotopic (exact) mass is 822 g/mol. The van der Waals surface area contributed by atoms with Crippen molar-refractivity contribution < 1.29 is 28.2 Å². The summed E-state index contributed by atoms with van der Waals surface area (Å²) < 4.78 is 25.8. The molecule has 4 aliphatic rings. The molecule has 312 valence electrons. The fourth-order valence-corrected chi connectivity index (χ4v) is 11.3. The van der Waals surface area contributed by atoms with Crippen molar-refractivity contribution >= 4 is 36.1 Å². The zero-order chi connectivity index (χ0) is 41.1. The van der Waals surface area contributed by atoms with E-state index in [1.807, 2.05) is 48.2 Å². The first kappa shape index (κ1) is 40.9. The van der Waals surface area contributed by atoms with E-state index in [4.69, 9.17) is 9.26 Å². The second-order valence-electron chi connectivity index (χ2n) is 16.8. The fraction of sp³-hybridized carbons (Fsp3) is 0.467. The molecule has 59 heavy (non-hydrogen) atoms. The number of hydrogen-bond donors (Lipinski definition) is 4. The highest BCUT2D eigenvalue weighted by molar-refractivity contribution is 7.56. The Morgan fingerprint density at radius 1 is 0.949 bits per heavy atom. The Bertz CT molecular complexity index is 2280. The molecule has 1 aromatic heterocycles. The summed E-state index contributed by atoms with van der Waals surface area (Å²) in [5.74, 6) is -0.241. The minimum Gasteiger partial charge on any atom is -0.465 e. The maximum absolute atomic E-state index is 14.5. The molecule has 1 aliphatic carbocycles. The number of esters is 1. The molecule has 3 saturated heterocycles. The lowest BCUT2D eigenvalue weighted by molar-refractivity contribution is -0.145. The molecule has 8 rings (SSSR count). The lowest BCUT2D eigenvalue weighted by Crippen LogP contribution is -2.60. The van der Waals surface area contributed by atoms with Gasteiger partial charge in [-0.1, -0.05) is 62.2 Å². The molecule has 4 aromatic rings. The van der Waals surface area contributed by atoms with Crippen LogP contribution in [0.2, 0.25) is 0 Å². The summed E-state index contributed by atoms with van der Waals surface area (Å²) >= 11 is 0. The number of rotatable bonds is 14. The second-order valence-corrected chi connectivity index (χ2v) is 18.9. The van der Waals surface area contributed by atoms with Gasteiger partial charge in [0.1, 0.15) is 17.8 Å². The highest BCUT2D eigenvalue weighted by atomic mass is 31.2. The number of H-pyrrole nitrogens is 1. The van der Waals surface area contributed by atoms with Crippen molar-refractivity contribution in [2.24, 2.45) is 0 Å². The topological polar surface area (TPSA) is 162 Å². The second kappa shape index (κ2) is 17.4. The number of hydrogen-bond acceptors (Lipinski definition) is 9. The number of nitrogens with one attached hydrogen (secondary N) is 4. The summed E-state index contributed by atoms with van der Waals surface area (Å²) in [4.78, 5) is 57.9. The number of carbonyl (C=O) groups excluding carboxylic acids is 3. The van der Waals surface area contributed by atoms with E-state index >= 15 is 0 Å². The maximum atomic E-state index is 14.5. The van der Waals surface area contributed by atoms with Crippen LogP contribution in [-0.2, 0) is 25.1 Å². The van der Waals surface area contributed by atoms with Crippen molar-refractivity contribution in [1.82, 2.24) is 30.7 Å². The standard InChI is InChI=1S/C45H55N6O7P/c1-3-23-57-44(55)30(2)49-59(56,58-38-10-5-4-6-11-38)29-31-13-14-32-15-16-34(25-35(32)24-31)42(53)47-39-12-8-7-9-37-17-18-40(51(37)43(39)54)48-50-28-36(27-45(50)20-21-45)33-19-22-46-41(52)26-33/h4-6,10-11,13-16,19,22,24-26,30,36-37,39-40,48H,3,7-9,12,17-18,20-21,23,27-29H2,1-2H3,(H,46,52)(H,47,53)(H,49,56)/t30-,36+,37-,39-,40-,59?/m0/s1. The molecule has 14 heteroatoms. The van der Waals surface area contributed by atoms with Crippen LogP contribution in [-0.4, -0.2) is 75.7 Å². The van der Waals surface area contributed by atoms with Gasteiger partial charge >= 0.3 is 13.5 Å². The predicted octanol–water partition coefficient (Wildman–Crippen LogP) is 6.75. The number of fused-ring (bicyclic) bond motifs is 2. The van der Waals surface area contributed by atoms with Crippen LogP contribution in [0, 0.1) is 0 Å². The van der Waals surface area contributed by atoms with Gasteiger partial charge in [0, 0.05) is 41.9 Å². The minimum atomic E-state index is -3.69. The van der Waals surface area contributed by atoms with Gasteiger partial charge in [-0.05, 0) is 111 Å². The number of aromatic nitrogens is 1. The number of hydrazine groups is 1. The van der Waals surface area contributed by atoms with Crippen molar-refractivity contribution in [3.05, 3.63) is 112 Å². The molecular formula is C45H55N6O7P. The van der Waals surface area contributed by atoms with Gasteiger partial charge in [0.2, 0.25) is 11.5 Å². The van der Waals surface area contributed by atoms with Gasteiger partial charge in [-0.2, -0.15) is 0 Å². The SMILES string of the molecule is CCCOC(=O)[C@H](C)NP(=O)(Cc1ccc2ccc(C(=O)N[C@H]3CCCC[C@H]4CC[C@@H](NN5C[C@H](c6cc[nH]c(=O)c6)CC56CC6)N4C3=O)cc2c1)Oc1ccccc1. The smallest absolute Gasteiger partial charge is 0.323 e. The van der Waals surface area contributed by atoms with Crippen LogP contribution >= 0.6 is 7.52 Å². The van der Waals surface area contributed by atoms with Gasteiger partial charge in [0.05, 0.1) is 18.9 Å². The van der Waals surface area contributed by atoms with E-state index in [9.17, 15) is 23.7 Å². The largest absolute Gasteiger partial charge is 0.465 e. The molecule has 1 saturated carbocycles. The van der Waals surface area contributed by atoms with E-state index in [1.54, 1.807) is 55.6 Å². The van der Waals surface area contributed by atoms with Crippen LogP contribution in [0.4, 0.5) is 0 Å². The number of aromatic amines is 1. The molecule has 0 radical (unpaired) electrons. The molecule has 3 aromatic carbocycles. The number of para-hydroxylation sites is 1. The first-order valence-corrected chi connectivity index (χ1v) is 23.0. The van der Waals surface area contributed by atoms with E-state index in [2.05, 4.69) is 25.8 Å². The summed E-state index contributed by atoms with van der Waals surface area (Å²) in [7, 11) is -3.69. The van der Waals surface area contributed by atoms with Gasteiger partial charge in [-0.15, -0.1) is 0 Å². The van der Waals surface area contributed by atoms with Crippen LogP contribution < -0.4 is 25.9 Å². The van der Waals surface area contributed by atoms with Gasteiger partial charge in [0.15, 0.2) is 0 Å². The summed E-state index contributed by atoms with van der Waals surface area (Å²) in [5.41, 5.74) is 5.91. The van der Waals surface area contributed by atoms with Crippen LogP contribution in [0.3, 0.4) is 0 Å². The molecule has 1 unspecified atom stereocenters. The first-order valence-electron chi connectivity index (χ1n) is 21.2. The average Bonchev–Trinajstić information content (AvgIpc) is 3.77. The maximum Gasteiger partial charge on any atom is 0.323 e. The first-order chi connectivity index (χ1) is 28.5. The Morgan fingerprint density at radius 2 is 1.75 bits per heavy atom. The molecule has 6 atom stereocenters. The minimum absolute atomic E-state index is 0.0201. The Balaban J connectivity index is 0.964. The Morgan fingerprint density at radius 3 is 2.53 bits per heavy atom. The average molecular weight is 823 g/mol. The lowest BCUT2D eigenvalue weighted by Gasteiger charge is -2.38. The molecule has 0 bridgehead atoms. The third-order valence-corrected chi connectivity index (χ3v) is 14.5. The fourth-order valence-electron chi connectivity index (χ4n) is 9.22. The zero-order valence-electron chi connectivity index (χ0n) is 33.9. The number of benzene rings is 3. The van der Waals surface area contributed by atoms with Crippen molar-refractivity contribution in [2.75, 3.05) is 13.2 Å². The van der Waals surface area contributed by atoms with E-state index in [0.29, 0.717) is 29.7 Å². The molecular weight excluding hydrogens is 768 g/mol. The third kappa shape index (κ3) is 9.34. The lowest BCUT2D eigenvalue weighted by atomic mass is 9.96. The van der Waals surface area contributed by atoms with Crippen molar-refractivity contribution in [1.29, 1.82) is 0 Å². The molecule has 4 N–H and O–H groups in total. The zero-order valence-corrected chi connectivity index (χ0v) is 34.8. The summed E-state index contributed by atoms with van der Waals surface area (Å²) in [6, 6.07) is 22.2. The number of ether oxygens (including phenoxy) is 1. The highest BCUT2D eigenvalue weighted by Gasteiger charge is 2.56. The molecule has 3 aliphatic heterocycles. The Labute approximate surface area is 345 Å². The predicted molar refractivity (Wildman–Crippen MR) is 226 cm³/mol. The van der Waals surface area contributed by atoms with Crippen molar-refractivity contribution in [3.63, 3.8) is 0 Å². The number of amides is 2. The molecule has 13 nitrogen and oxygen atoms in total. The quantitative estimate of drug-likeness (QED) is 0.0792.